The molecule has 3 aromatic rings. The van der Waals surface area contributed by atoms with Gasteiger partial charge in [0, 0.05) is 35.1 Å². The number of amides is 1. The Morgan fingerprint density at radius 2 is 1.88 bits per heavy atom. The summed E-state index contributed by atoms with van der Waals surface area (Å²) in [6.45, 7) is 0. The number of halogens is 4. The summed E-state index contributed by atoms with van der Waals surface area (Å²) in [5.41, 5.74) is 1.76. The molecule has 1 heterocycles. The number of nitrogens with zero attached hydrogens (tertiary/aromatic N) is 1. The fraction of sp³-hybridized carbons (Fsp3) is 0.217. The van der Waals surface area contributed by atoms with E-state index >= 15 is 0 Å². The number of carbonyl (C=O) groups is 1. The van der Waals surface area contributed by atoms with Crippen LogP contribution < -0.4 is 10.0 Å². The summed E-state index contributed by atoms with van der Waals surface area (Å²) >= 11 is 5.76. The Labute approximate surface area is 207 Å². The predicted octanol–water partition coefficient (Wildman–Crippen LogP) is 4.84. The van der Waals surface area contributed by atoms with Crippen molar-refractivity contribution in [3.8, 4) is 0 Å². The van der Waals surface area contributed by atoms with Crippen LogP contribution in [0.15, 0.2) is 54.7 Å². The molecule has 0 radical (unpaired) electrons. The standard InChI is InChI=1S/C23H20ClF2N3O3S.ClH/c24-18-13-15(4-7-19(18)25)28-23(30)17-5-8-20(26)22-16(17)6-9-21(22)29-33(31,32)12-10-14-3-1-2-11-27-14;/h1-5,7-8,11,13,21,29H,6,9-10,12H2,(H,28,30);1H. The zero-order chi connectivity index (χ0) is 23.6. The topological polar surface area (TPSA) is 88.2 Å². The highest BCUT2D eigenvalue weighted by atomic mass is 35.5. The second-order valence-corrected chi connectivity index (χ2v) is 9.95. The third-order valence-electron chi connectivity index (χ3n) is 5.43. The smallest absolute Gasteiger partial charge is 0.255 e. The first-order valence-electron chi connectivity index (χ1n) is 10.2. The van der Waals surface area contributed by atoms with E-state index in [2.05, 4.69) is 15.0 Å². The van der Waals surface area contributed by atoms with Crippen LogP contribution in [0.5, 0.6) is 0 Å². The van der Waals surface area contributed by atoms with Gasteiger partial charge >= 0.3 is 0 Å². The van der Waals surface area contributed by atoms with Gasteiger partial charge in [0.2, 0.25) is 10.0 Å². The Bertz CT molecular complexity index is 1310. The number of carbonyl (C=O) groups excluding carboxylic acids is 1. The van der Waals surface area contributed by atoms with Gasteiger partial charge in [-0.1, -0.05) is 17.7 Å². The van der Waals surface area contributed by atoms with Crippen molar-refractivity contribution in [2.45, 2.75) is 25.3 Å². The van der Waals surface area contributed by atoms with Crippen molar-refractivity contribution in [3.05, 3.63) is 93.8 Å². The van der Waals surface area contributed by atoms with Crippen LogP contribution in [0.2, 0.25) is 5.02 Å². The third-order valence-corrected chi connectivity index (χ3v) is 7.11. The maximum absolute atomic E-state index is 14.7. The number of sulfonamides is 1. The van der Waals surface area contributed by atoms with Crippen molar-refractivity contribution >= 4 is 45.6 Å². The Balaban J connectivity index is 0.00000324. The lowest BCUT2D eigenvalue weighted by Crippen LogP contribution is -2.31. The summed E-state index contributed by atoms with van der Waals surface area (Å²) in [6.07, 6.45) is 2.46. The Morgan fingerprint density at radius 1 is 1.12 bits per heavy atom. The van der Waals surface area contributed by atoms with E-state index in [1.807, 2.05) is 0 Å². The average molecular weight is 528 g/mol. The van der Waals surface area contributed by atoms with Crippen LogP contribution in [0.1, 0.15) is 39.6 Å². The first kappa shape index (κ1) is 26.0. The van der Waals surface area contributed by atoms with Gasteiger partial charge in [-0.15, -0.1) is 12.4 Å². The van der Waals surface area contributed by atoms with Gasteiger partial charge in [-0.3, -0.25) is 9.78 Å². The number of aromatic nitrogens is 1. The Morgan fingerprint density at radius 3 is 2.59 bits per heavy atom. The van der Waals surface area contributed by atoms with E-state index in [9.17, 15) is 22.0 Å². The van der Waals surface area contributed by atoms with Crippen LogP contribution in [0, 0.1) is 11.6 Å². The summed E-state index contributed by atoms with van der Waals surface area (Å²) in [5, 5.41) is 2.48. The maximum Gasteiger partial charge on any atom is 0.255 e. The largest absolute Gasteiger partial charge is 0.322 e. The molecule has 2 N–H and O–H groups in total. The number of fused-ring (bicyclic) bond motifs is 1. The SMILES string of the molecule is Cl.O=C(Nc1ccc(F)c(Cl)c1)c1ccc(F)c2c1CCC2NS(=O)(=O)CCc1ccccn1. The molecule has 1 aliphatic carbocycles. The molecule has 0 aliphatic heterocycles. The molecule has 6 nitrogen and oxygen atoms in total. The third kappa shape index (κ3) is 5.90. The van der Waals surface area contributed by atoms with E-state index in [1.54, 1.807) is 24.4 Å². The molecular formula is C23H21Cl2F2N3O3S. The van der Waals surface area contributed by atoms with Gasteiger partial charge in [-0.2, -0.15) is 0 Å². The van der Waals surface area contributed by atoms with Crippen molar-refractivity contribution in [2.75, 3.05) is 11.1 Å². The van der Waals surface area contributed by atoms with Crippen LogP contribution in [0.25, 0.3) is 0 Å². The molecule has 1 aliphatic rings. The molecular weight excluding hydrogens is 507 g/mol. The number of anilines is 1. The molecule has 0 saturated carbocycles. The van der Waals surface area contributed by atoms with E-state index in [-0.39, 0.29) is 46.4 Å². The lowest BCUT2D eigenvalue weighted by atomic mass is 10.0. The second-order valence-electron chi connectivity index (χ2n) is 7.67. The first-order chi connectivity index (χ1) is 15.7. The van der Waals surface area contributed by atoms with Crippen molar-refractivity contribution in [1.82, 2.24) is 9.71 Å². The summed E-state index contributed by atoms with van der Waals surface area (Å²) in [4.78, 5) is 16.9. The molecule has 4 rings (SSSR count). The fourth-order valence-corrected chi connectivity index (χ4v) is 5.32. The van der Waals surface area contributed by atoms with Gasteiger partial charge in [0.15, 0.2) is 0 Å². The quantitative estimate of drug-likeness (QED) is 0.460. The van der Waals surface area contributed by atoms with Gasteiger partial charge in [-0.05, 0) is 60.9 Å². The van der Waals surface area contributed by atoms with Crippen molar-refractivity contribution in [2.24, 2.45) is 0 Å². The molecule has 0 saturated heterocycles. The minimum atomic E-state index is -3.72. The van der Waals surface area contributed by atoms with E-state index in [1.165, 1.54) is 18.2 Å². The number of benzene rings is 2. The Kier molecular flexibility index (Phi) is 8.25. The highest BCUT2D eigenvalue weighted by Crippen LogP contribution is 2.36. The summed E-state index contributed by atoms with van der Waals surface area (Å²) in [7, 11) is -3.72. The monoisotopic (exact) mass is 527 g/mol. The fourth-order valence-electron chi connectivity index (χ4n) is 3.88. The van der Waals surface area contributed by atoms with Gasteiger partial charge in [0.05, 0.1) is 16.8 Å². The molecule has 0 fully saturated rings. The number of rotatable bonds is 7. The van der Waals surface area contributed by atoms with E-state index in [0.29, 0.717) is 24.1 Å². The number of hydrogen-bond donors (Lipinski definition) is 2. The van der Waals surface area contributed by atoms with Gasteiger partial charge < -0.3 is 5.32 Å². The highest BCUT2D eigenvalue weighted by molar-refractivity contribution is 7.89. The van der Waals surface area contributed by atoms with Crippen molar-refractivity contribution in [3.63, 3.8) is 0 Å². The normalized spacial score (nSPS) is 14.9. The average Bonchev–Trinajstić information content (AvgIpc) is 3.19. The number of hydrogen-bond acceptors (Lipinski definition) is 4. The molecule has 2 aromatic carbocycles. The molecule has 180 valence electrons. The summed E-state index contributed by atoms with van der Waals surface area (Å²) in [5.74, 6) is -1.91. The van der Waals surface area contributed by atoms with Gasteiger partial charge in [0.1, 0.15) is 11.6 Å². The molecule has 11 heteroatoms. The van der Waals surface area contributed by atoms with Gasteiger partial charge in [0.25, 0.3) is 5.91 Å². The number of pyridine rings is 1. The van der Waals surface area contributed by atoms with Gasteiger partial charge in [-0.25, -0.2) is 21.9 Å². The lowest BCUT2D eigenvalue weighted by molar-refractivity contribution is 0.102. The van der Waals surface area contributed by atoms with Crippen LogP contribution in [-0.4, -0.2) is 25.1 Å². The van der Waals surface area contributed by atoms with E-state index < -0.39 is 33.6 Å². The van der Waals surface area contributed by atoms with Crippen LogP contribution in [0.4, 0.5) is 14.5 Å². The first-order valence-corrected chi connectivity index (χ1v) is 12.2. The Hall–Kier alpha value is -2.59. The molecule has 0 bridgehead atoms. The maximum atomic E-state index is 14.7. The second kappa shape index (κ2) is 10.8. The van der Waals surface area contributed by atoms with Crippen molar-refractivity contribution < 1.29 is 22.0 Å². The lowest BCUT2D eigenvalue weighted by Gasteiger charge is -2.16. The molecule has 1 amide bonds. The molecule has 34 heavy (non-hydrogen) atoms. The number of aryl methyl sites for hydroxylation is 1. The van der Waals surface area contributed by atoms with Crippen LogP contribution >= 0.6 is 24.0 Å². The molecule has 0 spiro atoms. The minimum Gasteiger partial charge on any atom is -0.322 e. The summed E-state index contributed by atoms with van der Waals surface area (Å²) < 4.78 is 55.9. The molecule has 1 atom stereocenters. The van der Waals surface area contributed by atoms with E-state index in [4.69, 9.17) is 11.6 Å². The summed E-state index contributed by atoms with van der Waals surface area (Å²) in [6, 6.07) is 10.7. The van der Waals surface area contributed by atoms with Crippen molar-refractivity contribution in [1.29, 1.82) is 0 Å². The zero-order valence-corrected chi connectivity index (χ0v) is 20.1. The minimum absolute atomic E-state index is 0. The number of nitrogens with one attached hydrogen (secondary N) is 2. The molecule has 1 unspecified atom stereocenters. The van der Waals surface area contributed by atoms with Crippen LogP contribution in [-0.2, 0) is 22.9 Å². The van der Waals surface area contributed by atoms with Crippen LogP contribution in [0.3, 0.4) is 0 Å². The van der Waals surface area contributed by atoms with E-state index in [0.717, 1.165) is 12.1 Å². The molecule has 1 aromatic heterocycles. The predicted molar refractivity (Wildman–Crippen MR) is 129 cm³/mol. The zero-order valence-electron chi connectivity index (χ0n) is 17.7. The highest BCUT2D eigenvalue weighted by Gasteiger charge is 2.32.